The van der Waals surface area contributed by atoms with Gasteiger partial charge in [-0.2, -0.15) is 0 Å². The Balaban J connectivity index is 2.32. The Labute approximate surface area is 68.0 Å². The van der Waals surface area contributed by atoms with Crippen LogP contribution in [-0.2, 0) is 0 Å². The zero-order chi connectivity index (χ0) is 8.27. The van der Waals surface area contributed by atoms with Gasteiger partial charge >= 0.3 is 0 Å². The largest absolute Gasteiger partial charge is 0.392 e. The van der Waals surface area contributed by atoms with Gasteiger partial charge in [0, 0.05) is 6.04 Å². The quantitative estimate of drug-likeness (QED) is 0.567. The predicted molar refractivity (Wildman–Crippen MR) is 45.1 cm³/mol. The van der Waals surface area contributed by atoms with E-state index in [4.69, 9.17) is 6.42 Å². The van der Waals surface area contributed by atoms with E-state index < -0.39 is 0 Å². The molecule has 0 aromatic heterocycles. The molecule has 3 atom stereocenters. The van der Waals surface area contributed by atoms with Crippen LogP contribution in [0.4, 0.5) is 0 Å². The molecule has 0 bridgehead atoms. The minimum atomic E-state index is -0.189. The van der Waals surface area contributed by atoms with Crippen molar-refractivity contribution in [2.24, 2.45) is 0 Å². The molecule has 0 amide bonds. The molecular weight excluding hydrogens is 138 g/mol. The summed E-state index contributed by atoms with van der Waals surface area (Å²) in [4.78, 5) is 0. The number of hydrogen-bond donors (Lipinski definition) is 2. The van der Waals surface area contributed by atoms with Crippen molar-refractivity contribution < 1.29 is 5.11 Å². The summed E-state index contributed by atoms with van der Waals surface area (Å²) in [5.74, 6) is 2.59. The summed E-state index contributed by atoms with van der Waals surface area (Å²) in [5.41, 5.74) is 0. The number of aliphatic hydroxyl groups excluding tert-OH is 1. The van der Waals surface area contributed by atoms with Gasteiger partial charge in [0.1, 0.15) is 0 Å². The summed E-state index contributed by atoms with van der Waals surface area (Å²) in [6.07, 6.45) is 8.08. The number of hydrogen-bond acceptors (Lipinski definition) is 2. The van der Waals surface area contributed by atoms with E-state index in [9.17, 15) is 5.11 Å². The number of aliphatic hydroxyl groups is 1. The monoisotopic (exact) mass is 153 g/mol. The fourth-order valence-corrected chi connectivity index (χ4v) is 1.50. The van der Waals surface area contributed by atoms with Gasteiger partial charge in [0.05, 0.1) is 12.1 Å². The van der Waals surface area contributed by atoms with Crippen LogP contribution in [0.3, 0.4) is 0 Å². The van der Waals surface area contributed by atoms with Crippen LogP contribution in [-0.4, -0.2) is 23.3 Å². The summed E-state index contributed by atoms with van der Waals surface area (Å²) in [7, 11) is 0. The second-order valence-electron chi connectivity index (χ2n) is 3.16. The standard InChI is InChI=1S/C9H15NO/c1-3-7(2)10-8-5-4-6-9(8)11/h1,7-11H,4-6H2,2H3/t7?,8-,9-/m1/s1. The Kier molecular flexibility index (Phi) is 2.92. The third-order valence-corrected chi connectivity index (χ3v) is 2.19. The lowest BCUT2D eigenvalue weighted by molar-refractivity contribution is 0.147. The van der Waals surface area contributed by atoms with Crippen LogP contribution in [0.2, 0.25) is 0 Å². The van der Waals surface area contributed by atoms with Gasteiger partial charge in [0.25, 0.3) is 0 Å². The third-order valence-electron chi connectivity index (χ3n) is 2.19. The van der Waals surface area contributed by atoms with Crippen LogP contribution in [0, 0.1) is 12.3 Å². The van der Waals surface area contributed by atoms with Gasteiger partial charge in [-0.3, -0.25) is 5.32 Å². The van der Waals surface area contributed by atoms with Crippen molar-refractivity contribution in [2.75, 3.05) is 0 Å². The van der Waals surface area contributed by atoms with Gasteiger partial charge in [0.15, 0.2) is 0 Å². The fraction of sp³-hybridized carbons (Fsp3) is 0.778. The first kappa shape index (κ1) is 8.58. The molecule has 1 aliphatic carbocycles. The summed E-state index contributed by atoms with van der Waals surface area (Å²) < 4.78 is 0. The van der Waals surface area contributed by atoms with Crippen molar-refractivity contribution in [1.29, 1.82) is 0 Å². The molecule has 2 N–H and O–H groups in total. The van der Waals surface area contributed by atoms with Gasteiger partial charge in [-0.25, -0.2) is 0 Å². The molecule has 62 valence electrons. The summed E-state index contributed by atoms with van der Waals surface area (Å²) in [5, 5.41) is 12.6. The molecule has 0 aromatic rings. The molecule has 0 heterocycles. The maximum absolute atomic E-state index is 9.40. The first-order chi connectivity index (χ1) is 5.24. The lowest BCUT2D eigenvalue weighted by Gasteiger charge is -2.18. The molecule has 0 radical (unpaired) electrons. The third kappa shape index (κ3) is 2.21. The average molecular weight is 153 g/mol. The maximum atomic E-state index is 9.40. The van der Waals surface area contributed by atoms with Crippen LogP contribution in [0.5, 0.6) is 0 Å². The molecule has 0 saturated heterocycles. The first-order valence-electron chi connectivity index (χ1n) is 4.14. The highest BCUT2D eigenvalue weighted by atomic mass is 16.3. The van der Waals surface area contributed by atoms with E-state index in [-0.39, 0.29) is 18.2 Å². The molecule has 1 aliphatic rings. The van der Waals surface area contributed by atoms with E-state index in [1.807, 2.05) is 6.92 Å². The van der Waals surface area contributed by atoms with Gasteiger partial charge in [-0.15, -0.1) is 6.42 Å². The normalized spacial score (nSPS) is 33.2. The molecule has 1 unspecified atom stereocenters. The molecule has 1 saturated carbocycles. The summed E-state index contributed by atoms with van der Waals surface area (Å²) in [6, 6.07) is 0.300. The minimum absolute atomic E-state index is 0.0766. The second kappa shape index (κ2) is 3.75. The highest BCUT2D eigenvalue weighted by Crippen LogP contribution is 2.18. The summed E-state index contributed by atoms with van der Waals surface area (Å²) in [6.45, 7) is 1.94. The van der Waals surface area contributed by atoms with E-state index in [2.05, 4.69) is 11.2 Å². The molecule has 11 heavy (non-hydrogen) atoms. The molecule has 0 aromatic carbocycles. The van der Waals surface area contributed by atoms with Gasteiger partial charge < -0.3 is 5.11 Å². The predicted octanol–water partition coefficient (Wildman–Crippen LogP) is 0.511. The number of nitrogens with one attached hydrogen (secondary N) is 1. The SMILES string of the molecule is C#CC(C)N[C@@H]1CCC[C@H]1O. The second-order valence-corrected chi connectivity index (χ2v) is 3.16. The molecule has 2 nitrogen and oxygen atoms in total. The first-order valence-corrected chi connectivity index (χ1v) is 4.14. The van der Waals surface area contributed by atoms with Gasteiger partial charge in [0.2, 0.25) is 0 Å². The van der Waals surface area contributed by atoms with Crippen LogP contribution < -0.4 is 5.32 Å². The molecular formula is C9H15NO. The minimum Gasteiger partial charge on any atom is -0.392 e. The topological polar surface area (TPSA) is 32.3 Å². The van der Waals surface area contributed by atoms with Crippen molar-refractivity contribution in [1.82, 2.24) is 5.32 Å². The van der Waals surface area contributed by atoms with E-state index in [1.165, 1.54) is 0 Å². The molecule has 0 spiro atoms. The van der Waals surface area contributed by atoms with Gasteiger partial charge in [-0.05, 0) is 26.2 Å². The number of rotatable bonds is 2. The molecule has 2 heteroatoms. The molecule has 1 rings (SSSR count). The van der Waals surface area contributed by atoms with Crippen LogP contribution in [0.15, 0.2) is 0 Å². The molecule has 0 aliphatic heterocycles. The molecule has 1 fully saturated rings. The van der Waals surface area contributed by atoms with Crippen LogP contribution in [0.25, 0.3) is 0 Å². The van der Waals surface area contributed by atoms with E-state index >= 15 is 0 Å². The van der Waals surface area contributed by atoms with Gasteiger partial charge in [-0.1, -0.05) is 5.92 Å². The van der Waals surface area contributed by atoms with E-state index in [0.717, 1.165) is 19.3 Å². The van der Waals surface area contributed by atoms with Crippen molar-refractivity contribution in [3.63, 3.8) is 0 Å². The van der Waals surface area contributed by atoms with E-state index in [0.29, 0.717) is 0 Å². The fourth-order valence-electron chi connectivity index (χ4n) is 1.50. The highest BCUT2D eigenvalue weighted by molar-refractivity contribution is 4.98. The average Bonchev–Trinajstić information content (AvgIpc) is 2.37. The Hall–Kier alpha value is -0.520. The summed E-state index contributed by atoms with van der Waals surface area (Å²) >= 11 is 0. The van der Waals surface area contributed by atoms with Crippen molar-refractivity contribution in [2.45, 2.75) is 44.4 Å². The highest BCUT2D eigenvalue weighted by Gasteiger charge is 2.25. The zero-order valence-electron chi connectivity index (χ0n) is 6.88. The van der Waals surface area contributed by atoms with E-state index in [1.54, 1.807) is 0 Å². The van der Waals surface area contributed by atoms with Crippen molar-refractivity contribution in [3.05, 3.63) is 0 Å². The maximum Gasteiger partial charge on any atom is 0.0693 e. The Morgan fingerprint density at radius 2 is 2.36 bits per heavy atom. The van der Waals surface area contributed by atoms with Crippen molar-refractivity contribution in [3.8, 4) is 12.3 Å². The Bertz CT molecular complexity index is 161. The Morgan fingerprint density at radius 1 is 1.64 bits per heavy atom. The van der Waals surface area contributed by atoms with Crippen molar-refractivity contribution >= 4 is 0 Å². The zero-order valence-corrected chi connectivity index (χ0v) is 6.88. The smallest absolute Gasteiger partial charge is 0.0693 e. The van der Waals surface area contributed by atoms with Crippen LogP contribution in [0.1, 0.15) is 26.2 Å². The number of terminal acetylenes is 1. The Morgan fingerprint density at radius 3 is 2.82 bits per heavy atom. The lowest BCUT2D eigenvalue weighted by Crippen LogP contribution is -2.40. The van der Waals surface area contributed by atoms with Crippen LogP contribution >= 0.6 is 0 Å². The lowest BCUT2D eigenvalue weighted by atomic mass is 10.2.